The molecule has 0 bridgehead atoms. The molecule has 1 nitrogen and oxygen atoms in total. The Kier molecular flexibility index (Phi) is 4.37. The van der Waals surface area contributed by atoms with E-state index in [0.717, 1.165) is 22.2 Å². The highest BCUT2D eigenvalue weighted by Crippen LogP contribution is 2.42. The molecule has 1 unspecified atom stereocenters. The van der Waals surface area contributed by atoms with E-state index >= 15 is 0 Å². The van der Waals surface area contributed by atoms with Crippen LogP contribution in [0.5, 0.6) is 0 Å². The van der Waals surface area contributed by atoms with E-state index in [2.05, 4.69) is 107 Å². The van der Waals surface area contributed by atoms with Gasteiger partial charge in [0.2, 0.25) is 0 Å². The van der Waals surface area contributed by atoms with Crippen molar-refractivity contribution < 1.29 is 0 Å². The third-order valence-corrected chi connectivity index (χ3v) is 5.22. The fourth-order valence-corrected chi connectivity index (χ4v) is 3.85. The molecular formula is C23H18BrN. The molecule has 0 saturated heterocycles. The minimum atomic E-state index is -0.210. The molecule has 0 saturated carbocycles. The minimum absolute atomic E-state index is 0.210. The molecule has 0 amide bonds. The highest BCUT2D eigenvalue weighted by molar-refractivity contribution is 9.10. The van der Waals surface area contributed by atoms with Gasteiger partial charge in [0.05, 0.1) is 5.70 Å². The molecule has 3 aromatic rings. The fourth-order valence-electron chi connectivity index (χ4n) is 3.45. The van der Waals surface area contributed by atoms with Crippen LogP contribution in [0, 0.1) is 0 Å². The molecule has 1 aliphatic heterocycles. The molecule has 1 heterocycles. The number of halogens is 1. The van der Waals surface area contributed by atoms with Gasteiger partial charge in [-0.15, -0.1) is 0 Å². The monoisotopic (exact) mass is 387 g/mol. The van der Waals surface area contributed by atoms with Gasteiger partial charge >= 0.3 is 0 Å². The first kappa shape index (κ1) is 16.0. The van der Waals surface area contributed by atoms with Crippen LogP contribution in [0.1, 0.15) is 23.1 Å². The van der Waals surface area contributed by atoms with Gasteiger partial charge in [-0.3, -0.25) is 4.99 Å². The molecule has 0 aromatic heterocycles. The SMILES string of the molecule is Brc1cccc(C2(c3ccccc3)C=C(c3ccccc3)N=CC2)c1. The molecule has 0 N–H and O–H groups in total. The van der Waals surface area contributed by atoms with Crippen LogP contribution >= 0.6 is 15.9 Å². The van der Waals surface area contributed by atoms with Gasteiger partial charge in [-0.05, 0) is 34.9 Å². The molecule has 0 fully saturated rings. The Morgan fingerprint density at radius 2 is 1.44 bits per heavy atom. The number of benzene rings is 3. The van der Waals surface area contributed by atoms with Gasteiger partial charge in [0, 0.05) is 22.5 Å². The first-order valence-electron chi connectivity index (χ1n) is 8.40. The van der Waals surface area contributed by atoms with Crippen molar-refractivity contribution in [2.75, 3.05) is 0 Å². The van der Waals surface area contributed by atoms with Gasteiger partial charge in [0.15, 0.2) is 0 Å². The zero-order chi connectivity index (χ0) is 17.1. The van der Waals surface area contributed by atoms with Crippen LogP contribution in [0.15, 0.2) is 100 Å². The van der Waals surface area contributed by atoms with Crippen molar-refractivity contribution in [2.45, 2.75) is 11.8 Å². The van der Waals surface area contributed by atoms with Crippen LogP contribution in [0.25, 0.3) is 5.70 Å². The highest BCUT2D eigenvalue weighted by atomic mass is 79.9. The average Bonchev–Trinajstić information content (AvgIpc) is 2.69. The van der Waals surface area contributed by atoms with E-state index in [1.807, 2.05) is 6.07 Å². The van der Waals surface area contributed by atoms with Crippen molar-refractivity contribution in [1.82, 2.24) is 0 Å². The van der Waals surface area contributed by atoms with Crippen molar-refractivity contribution >= 4 is 27.8 Å². The van der Waals surface area contributed by atoms with Crippen LogP contribution in [-0.4, -0.2) is 6.21 Å². The number of hydrogen-bond acceptors (Lipinski definition) is 1. The second-order valence-corrected chi connectivity index (χ2v) is 7.17. The second-order valence-electron chi connectivity index (χ2n) is 6.26. The van der Waals surface area contributed by atoms with Crippen LogP contribution in [0.2, 0.25) is 0 Å². The number of nitrogens with zero attached hydrogens (tertiary/aromatic N) is 1. The summed E-state index contributed by atoms with van der Waals surface area (Å²) in [6.45, 7) is 0. The summed E-state index contributed by atoms with van der Waals surface area (Å²) in [5, 5.41) is 0. The van der Waals surface area contributed by atoms with Gasteiger partial charge < -0.3 is 0 Å². The predicted molar refractivity (Wildman–Crippen MR) is 109 cm³/mol. The van der Waals surface area contributed by atoms with Crippen LogP contribution in [-0.2, 0) is 5.41 Å². The van der Waals surface area contributed by atoms with Gasteiger partial charge in [-0.2, -0.15) is 0 Å². The molecule has 0 radical (unpaired) electrons. The van der Waals surface area contributed by atoms with E-state index in [9.17, 15) is 0 Å². The molecule has 1 atom stereocenters. The minimum Gasteiger partial charge on any atom is -0.261 e. The van der Waals surface area contributed by atoms with Crippen LogP contribution < -0.4 is 0 Å². The van der Waals surface area contributed by atoms with Crippen molar-refractivity contribution in [3.05, 3.63) is 112 Å². The lowest BCUT2D eigenvalue weighted by Crippen LogP contribution is -2.28. The standard InChI is InChI=1S/C23H18BrN/c24-21-13-7-12-20(16-21)23(19-10-5-2-6-11-19)14-15-25-22(17-23)18-8-3-1-4-9-18/h1-13,15-17H,14H2. The highest BCUT2D eigenvalue weighted by Gasteiger charge is 2.34. The zero-order valence-electron chi connectivity index (χ0n) is 13.8. The van der Waals surface area contributed by atoms with Crippen molar-refractivity contribution in [3.63, 3.8) is 0 Å². The molecule has 1 aliphatic rings. The summed E-state index contributed by atoms with van der Waals surface area (Å²) >= 11 is 3.63. The average molecular weight is 388 g/mol. The third-order valence-electron chi connectivity index (χ3n) is 4.72. The quantitative estimate of drug-likeness (QED) is 0.503. The van der Waals surface area contributed by atoms with E-state index in [1.165, 1.54) is 11.1 Å². The van der Waals surface area contributed by atoms with Gasteiger partial charge in [0.1, 0.15) is 0 Å². The molecule has 3 aromatic carbocycles. The Morgan fingerprint density at radius 1 is 0.760 bits per heavy atom. The van der Waals surface area contributed by atoms with E-state index < -0.39 is 0 Å². The Bertz CT molecular complexity index is 929. The summed E-state index contributed by atoms with van der Waals surface area (Å²) in [7, 11) is 0. The normalized spacial score (nSPS) is 19.5. The summed E-state index contributed by atoms with van der Waals surface area (Å²) in [5.74, 6) is 0. The first-order valence-corrected chi connectivity index (χ1v) is 9.20. The fraction of sp³-hybridized carbons (Fsp3) is 0.0870. The van der Waals surface area contributed by atoms with E-state index in [-0.39, 0.29) is 5.41 Å². The number of allylic oxidation sites excluding steroid dienone is 1. The van der Waals surface area contributed by atoms with Gasteiger partial charge in [-0.25, -0.2) is 0 Å². The van der Waals surface area contributed by atoms with Crippen molar-refractivity contribution in [2.24, 2.45) is 4.99 Å². The van der Waals surface area contributed by atoms with Crippen LogP contribution in [0.4, 0.5) is 0 Å². The van der Waals surface area contributed by atoms with E-state index in [1.54, 1.807) is 0 Å². The van der Waals surface area contributed by atoms with Gasteiger partial charge in [-0.1, -0.05) is 88.7 Å². The zero-order valence-corrected chi connectivity index (χ0v) is 15.4. The Labute approximate surface area is 156 Å². The number of aliphatic imine (C=N–C) groups is 1. The molecule has 25 heavy (non-hydrogen) atoms. The maximum Gasteiger partial charge on any atom is 0.0670 e. The Hall–Kier alpha value is -2.45. The second kappa shape index (κ2) is 6.81. The van der Waals surface area contributed by atoms with Crippen molar-refractivity contribution in [3.8, 4) is 0 Å². The third kappa shape index (κ3) is 3.10. The smallest absolute Gasteiger partial charge is 0.0670 e. The molecule has 0 aliphatic carbocycles. The summed E-state index contributed by atoms with van der Waals surface area (Å²) in [5.41, 5.74) is 4.52. The number of hydrogen-bond donors (Lipinski definition) is 0. The number of rotatable bonds is 3. The largest absolute Gasteiger partial charge is 0.261 e. The van der Waals surface area contributed by atoms with E-state index in [4.69, 9.17) is 4.99 Å². The summed E-state index contributed by atoms with van der Waals surface area (Å²) in [6.07, 6.45) is 5.22. The summed E-state index contributed by atoms with van der Waals surface area (Å²) in [6, 6.07) is 29.7. The molecule has 4 rings (SSSR count). The Balaban J connectivity index is 1.93. The lowest BCUT2D eigenvalue weighted by molar-refractivity contribution is 0.673. The van der Waals surface area contributed by atoms with Crippen molar-refractivity contribution in [1.29, 1.82) is 0 Å². The maximum atomic E-state index is 4.69. The summed E-state index contributed by atoms with van der Waals surface area (Å²) in [4.78, 5) is 4.69. The summed E-state index contributed by atoms with van der Waals surface area (Å²) < 4.78 is 1.09. The Morgan fingerprint density at radius 3 is 2.16 bits per heavy atom. The molecule has 122 valence electrons. The van der Waals surface area contributed by atoms with E-state index in [0.29, 0.717) is 0 Å². The molecule has 2 heteroatoms. The van der Waals surface area contributed by atoms with Gasteiger partial charge in [0.25, 0.3) is 0 Å². The first-order chi connectivity index (χ1) is 12.3. The predicted octanol–water partition coefficient (Wildman–Crippen LogP) is 6.25. The molecule has 0 spiro atoms. The lowest BCUT2D eigenvalue weighted by atomic mass is 9.70. The van der Waals surface area contributed by atoms with Crippen LogP contribution in [0.3, 0.4) is 0 Å². The topological polar surface area (TPSA) is 12.4 Å². The molecular weight excluding hydrogens is 370 g/mol. The maximum absolute atomic E-state index is 4.69. The lowest BCUT2D eigenvalue weighted by Gasteiger charge is -2.34.